The number of ether oxygens (including phenoxy) is 1. The Bertz CT molecular complexity index is 588. The number of amides is 1. The van der Waals surface area contributed by atoms with E-state index in [9.17, 15) is 4.79 Å². The fraction of sp³-hybridized carbons (Fsp3) is 0.632. The first-order valence-corrected chi connectivity index (χ1v) is 8.88. The van der Waals surface area contributed by atoms with E-state index >= 15 is 0 Å². The van der Waals surface area contributed by atoms with E-state index in [0.29, 0.717) is 30.8 Å². The van der Waals surface area contributed by atoms with Crippen LogP contribution in [0.2, 0.25) is 0 Å². The molecular formula is C19H26N2O2. The van der Waals surface area contributed by atoms with Gasteiger partial charge in [0, 0.05) is 37.5 Å². The topological polar surface area (TPSA) is 32.8 Å². The molecule has 3 atom stereocenters. The molecule has 1 aromatic rings. The third-order valence-corrected chi connectivity index (χ3v) is 5.93. The van der Waals surface area contributed by atoms with Crippen LogP contribution in [0, 0.1) is 11.8 Å². The molecule has 1 spiro atoms. The first kappa shape index (κ1) is 15.0. The van der Waals surface area contributed by atoms with Crippen molar-refractivity contribution in [1.29, 1.82) is 0 Å². The molecule has 3 aliphatic rings. The van der Waals surface area contributed by atoms with Gasteiger partial charge in [-0.15, -0.1) is 0 Å². The van der Waals surface area contributed by atoms with Crippen LogP contribution in [0.3, 0.4) is 0 Å². The smallest absolute Gasteiger partial charge is 0.225 e. The van der Waals surface area contributed by atoms with Gasteiger partial charge in [-0.1, -0.05) is 32.0 Å². The summed E-state index contributed by atoms with van der Waals surface area (Å²) in [4.78, 5) is 17.2. The van der Waals surface area contributed by atoms with Gasteiger partial charge in [-0.2, -0.15) is 0 Å². The van der Waals surface area contributed by atoms with Crippen LogP contribution in [-0.2, 0) is 9.53 Å². The molecule has 1 amide bonds. The molecule has 1 aromatic carbocycles. The molecule has 0 aromatic heterocycles. The lowest BCUT2D eigenvalue weighted by atomic mass is 9.79. The summed E-state index contributed by atoms with van der Waals surface area (Å²) in [6.45, 7) is 7.03. The monoisotopic (exact) mass is 314 g/mol. The van der Waals surface area contributed by atoms with Crippen LogP contribution in [0.4, 0.5) is 5.69 Å². The van der Waals surface area contributed by atoms with E-state index < -0.39 is 0 Å². The van der Waals surface area contributed by atoms with E-state index in [-0.39, 0.29) is 11.8 Å². The van der Waals surface area contributed by atoms with Crippen molar-refractivity contribution in [3.63, 3.8) is 0 Å². The number of hydrogen-bond acceptors (Lipinski definition) is 3. The number of nitrogens with zero attached hydrogens (tertiary/aromatic N) is 2. The van der Waals surface area contributed by atoms with Crippen LogP contribution in [0.1, 0.15) is 33.1 Å². The zero-order valence-electron chi connectivity index (χ0n) is 14.1. The Balaban J connectivity index is 1.61. The van der Waals surface area contributed by atoms with Gasteiger partial charge in [0.05, 0.1) is 12.6 Å². The second-order valence-electron chi connectivity index (χ2n) is 7.50. The maximum absolute atomic E-state index is 12.6. The Morgan fingerprint density at radius 2 is 2.04 bits per heavy atom. The number of piperidine rings is 2. The zero-order valence-corrected chi connectivity index (χ0v) is 14.1. The molecule has 4 rings (SSSR count). The number of anilines is 1. The number of carbonyl (C=O) groups is 1. The van der Waals surface area contributed by atoms with E-state index in [4.69, 9.17) is 4.74 Å². The average molecular weight is 314 g/mol. The van der Waals surface area contributed by atoms with Gasteiger partial charge in [0.1, 0.15) is 5.72 Å². The van der Waals surface area contributed by atoms with Gasteiger partial charge in [-0.25, -0.2) is 0 Å². The molecule has 0 N–H and O–H groups in total. The highest BCUT2D eigenvalue weighted by molar-refractivity contribution is 5.79. The van der Waals surface area contributed by atoms with Crippen LogP contribution >= 0.6 is 0 Å². The molecular weight excluding hydrogens is 288 g/mol. The molecule has 3 fully saturated rings. The summed E-state index contributed by atoms with van der Waals surface area (Å²) in [6.07, 6.45) is 2.53. The third kappa shape index (κ3) is 2.26. The molecule has 0 saturated carbocycles. The minimum absolute atomic E-state index is 0.244. The van der Waals surface area contributed by atoms with Gasteiger partial charge in [-0.05, 0) is 24.5 Å². The van der Waals surface area contributed by atoms with Gasteiger partial charge in [0.15, 0.2) is 0 Å². The van der Waals surface area contributed by atoms with Gasteiger partial charge in [0.25, 0.3) is 0 Å². The second-order valence-corrected chi connectivity index (χ2v) is 7.50. The van der Waals surface area contributed by atoms with Gasteiger partial charge >= 0.3 is 0 Å². The lowest BCUT2D eigenvalue weighted by Gasteiger charge is -2.53. The van der Waals surface area contributed by atoms with Crippen LogP contribution in [0.15, 0.2) is 30.3 Å². The fourth-order valence-electron chi connectivity index (χ4n) is 4.66. The highest BCUT2D eigenvalue weighted by Gasteiger charge is 2.59. The van der Waals surface area contributed by atoms with E-state index in [1.807, 2.05) is 0 Å². The molecule has 3 heterocycles. The summed E-state index contributed by atoms with van der Waals surface area (Å²) in [5.74, 6) is 1.16. The highest BCUT2D eigenvalue weighted by atomic mass is 16.5. The number of para-hydroxylation sites is 1. The first-order valence-electron chi connectivity index (χ1n) is 8.88. The maximum Gasteiger partial charge on any atom is 0.225 e. The van der Waals surface area contributed by atoms with E-state index in [0.717, 1.165) is 25.9 Å². The molecule has 0 radical (unpaired) electrons. The quantitative estimate of drug-likeness (QED) is 0.841. The molecule has 3 aliphatic heterocycles. The van der Waals surface area contributed by atoms with Crippen LogP contribution < -0.4 is 4.90 Å². The molecule has 0 aliphatic carbocycles. The standard InChI is InChI=1S/C19H26N2O2/c1-14(2)17-13-23-19-10-11-20(16-6-4-3-5-7-16)12-15(19)8-9-18(22)21(17)19/h3-7,14-15,17H,8-13H2,1-2H3/t15?,17-,19?/m0/s1. The molecule has 2 unspecified atom stereocenters. The Labute approximate surface area is 138 Å². The lowest BCUT2D eigenvalue weighted by Crippen LogP contribution is -2.65. The van der Waals surface area contributed by atoms with Gasteiger partial charge in [0.2, 0.25) is 5.91 Å². The molecule has 23 heavy (non-hydrogen) atoms. The number of benzene rings is 1. The lowest BCUT2D eigenvalue weighted by molar-refractivity contribution is -0.181. The summed E-state index contributed by atoms with van der Waals surface area (Å²) < 4.78 is 6.36. The fourth-order valence-corrected chi connectivity index (χ4v) is 4.66. The summed E-state index contributed by atoms with van der Waals surface area (Å²) in [5, 5.41) is 0. The van der Waals surface area contributed by atoms with Crippen LogP contribution in [-0.4, -0.2) is 42.3 Å². The van der Waals surface area contributed by atoms with Gasteiger partial charge in [-0.3, -0.25) is 4.79 Å². The Hall–Kier alpha value is -1.55. The SMILES string of the molecule is CC(C)[C@@H]1COC23CCN(c4ccccc4)CC2CCC(=O)N13. The van der Waals surface area contributed by atoms with Gasteiger partial charge < -0.3 is 14.5 Å². The third-order valence-electron chi connectivity index (χ3n) is 5.93. The Kier molecular flexibility index (Phi) is 3.60. The van der Waals surface area contributed by atoms with Crippen LogP contribution in [0.25, 0.3) is 0 Å². The van der Waals surface area contributed by atoms with Crippen LogP contribution in [0.5, 0.6) is 0 Å². The molecule has 4 nitrogen and oxygen atoms in total. The van der Waals surface area contributed by atoms with Crippen molar-refractivity contribution in [2.75, 3.05) is 24.6 Å². The van der Waals surface area contributed by atoms with Crippen molar-refractivity contribution in [2.45, 2.75) is 44.9 Å². The average Bonchev–Trinajstić information content (AvgIpc) is 2.96. The van der Waals surface area contributed by atoms with Crippen molar-refractivity contribution < 1.29 is 9.53 Å². The second kappa shape index (κ2) is 5.52. The highest BCUT2D eigenvalue weighted by Crippen LogP contribution is 2.47. The van der Waals surface area contributed by atoms with Crippen molar-refractivity contribution in [3.05, 3.63) is 30.3 Å². The Morgan fingerprint density at radius 3 is 2.78 bits per heavy atom. The largest absolute Gasteiger partial charge is 0.371 e. The van der Waals surface area contributed by atoms with Crippen molar-refractivity contribution >= 4 is 11.6 Å². The van der Waals surface area contributed by atoms with Crippen molar-refractivity contribution in [3.8, 4) is 0 Å². The van der Waals surface area contributed by atoms with E-state index in [1.54, 1.807) is 0 Å². The molecule has 0 bridgehead atoms. The zero-order chi connectivity index (χ0) is 16.0. The minimum atomic E-state index is -0.338. The maximum atomic E-state index is 12.6. The molecule has 3 saturated heterocycles. The number of hydrogen-bond donors (Lipinski definition) is 0. The normalized spacial score (nSPS) is 33.8. The number of carbonyl (C=O) groups excluding carboxylic acids is 1. The minimum Gasteiger partial charge on any atom is -0.371 e. The summed E-state index contributed by atoms with van der Waals surface area (Å²) >= 11 is 0. The van der Waals surface area contributed by atoms with Crippen molar-refractivity contribution in [2.24, 2.45) is 11.8 Å². The first-order chi connectivity index (χ1) is 11.1. The molecule has 4 heteroatoms. The summed E-state index contributed by atoms with van der Waals surface area (Å²) in [5.41, 5.74) is 0.944. The number of rotatable bonds is 2. The van der Waals surface area contributed by atoms with E-state index in [2.05, 4.69) is 54.0 Å². The van der Waals surface area contributed by atoms with E-state index in [1.165, 1.54) is 5.69 Å². The Morgan fingerprint density at radius 1 is 1.26 bits per heavy atom. The molecule has 124 valence electrons. The van der Waals surface area contributed by atoms with Crippen molar-refractivity contribution in [1.82, 2.24) is 4.90 Å². The summed E-state index contributed by atoms with van der Waals surface area (Å²) in [6, 6.07) is 10.8. The predicted molar refractivity (Wildman–Crippen MR) is 90.2 cm³/mol. The summed E-state index contributed by atoms with van der Waals surface area (Å²) in [7, 11) is 0. The predicted octanol–water partition coefficient (Wildman–Crippen LogP) is 2.89.